The number of unbranched alkanes of at least 4 members (excludes halogenated alkanes) is 6. The molecule has 4 nitrogen and oxygen atoms in total. The first kappa shape index (κ1) is 23.1. The average Bonchev–Trinajstić information content (AvgIpc) is 3.34. The van der Waals surface area contributed by atoms with Gasteiger partial charge in [-0.15, -0.1) is 5.10 Å². The van der Waals surface area contributed by atoms with E-state index in [1.807, 2.05) is 10.9 Å². The van der Waals surface area contributed by atoms with E-state index < -0.39 is 0 Å². The lowest BCUT2D eigenvalue weighted by molar-refractivity contribution is 0.554. The van der Waals surface area contributed by atoms with Crippen LogP contribution in [0.1, 0.15) is 88.1 Å². The largest absolute Gasteiger partial charge is 0.360 e. The van der Waals surface area contributed by atoms with Gasteiger partial charge in [-0.1, -0.05) is 94.0 Å². The number of aromatic nitrogens is 3. The van der Waals surface area contributed by atoms with Gasteiger partial charge in [0.25, 0.3) is 0 Å². The summed E-state index contributed by atoms with van der Waals surface area (Å²) in [6.45, 7) is 4.50. The number of hydrogen-bond donors (Lipinski definition) is 1. The average molecular weight is 419 g/mol. The van der Waals surface area contributed by atoms with Crippen LogP contribution in [0, 0.1) is 0 Å². The van der Waals surface area contributed by atoms with Gasteiger partial charge in [0.05, 0.1) is 6.20 Å². The van der Waals surface area contributed by atoms with Crippen LogP contribution in [0.5, 0.6) is 0 Å². The molecule has 0 aliphatic heterocycles. The van der Waals surface area contributed by atoms with Gasteiger partial charge in [-0.2, -0.15) is 0 Å². The topological polar surface area (TPSA) is 42.7 Å². The fourth-order valence-corrected chi connectivity index (χ4v) is 3.94. The van der Waals surface area contributed by atoms with Crippen LogP contribution in [0.15, 0.2) is 60.9 Å². The van der Waals surface area contributed by atoms with Crippen molar-refractivity contribution in [1.29, 1.82) is 0 Å². The van der Waals surface area contributed by atoms with E-state index in [-0.39, 0.29) is 6.17 Å². The van der Waals surface area contributed by atoms with Crippen LogP contribution in [0.3, 0.4) is 0 Å². The van der Waals surface area contributed by atoms with Crippen LogP contribution < -0.4 is 5.32 Å². The predicted octanol–water partition coefficient (Wildman–Crippen LogP) is 7.18. The molecular formula is C27H38N4. The zero-order valence-electron chi connectivity index (χ0n) is 19.3. The molecule has 4 heteroatoms. The minimum atomic E-state index is -0.0768. The van der Waals surface area contributed by atoms with Gasteiger partial charge >= 0.3 is 0 Å². The molecule has 0 fully saturated rings. The Balaban J connectivity index is 1.61. The maximum Gasteiger partial charge on any atom is 0.148 e. The van der Waals surface area contributed by atoms with Crippen LogP contribution in [0.4, 0.5) is 5.69 Å². The molecule has 3 rings (SSSR count). The third kappa shape index (κ3) is 7.54. The second-order valence-electron chi connectivity index (χ2n) is 8.49. The van der Waals surface area contributed by atoms with E-state index in [9.17, 15) is 0 Å². The predicted molar refractivity (Wildman–Crippen MR) is 130 cm³/mol. The van der Waals surface area contributed by atoms with E-state index in [0.717, 1.165) is 18.5 Å². The Labute approximate surface area is 188 Å². The molecule has 0 amide bonds. The maximum atomic E-state index is 4.26. The highest BCUT2D eigenvalue weighted by Crippen LogP contribution is 2.23. The molecule has 166 valence electrons. The van der Waals surface area contributed by atoms with Gasteiger partial charge in [0.15, 0.2) is 0 Å². The highest BCUT2D eigenvalue weighted by molar-refractivity contribution is 5.47. The van der Waals surface area contributed by atoms with Crippen molar-refractivity contribution in [3.05, 3.63) is 77.6 Å². The van der Waals surface area contributed by atoms with Crippen molar-refractivity contribution < 1.29 is 0 Å². The Morgan fingerprint density at radius 2 is 1.35 bits per heavy atom. The number of nitrogens with one attached hydrogen (secondary N) is 1. The summed E-state index contributed by atoms with van der Waals surface area (Å²) in [5, 5.41) is 11.9. The molecule has 0 radical (unpaired) electrons. The zero-order chi connectivity index (χ0) is 21.7. The van der Waals surface area contributed by atoms with Gasteiger partial charge in [0.1, 0.15) is 6.17 Å². The molecule has 2 aromatic carbocycles. The lowest BCUT2D eigenvalue weighted by atomic mass is 10.0. The molecule has 3 aromatic rings. The quantitative estimate of drug-likeness (QED) is 0.282. The minimum Gasteiger partial charge on any atom is -0.360 e. The van der Waals surface area contributed by atoms with Crippen LogP contribution >= 0.6 is 0 Å². The van der Waals surface area contributed by atoms with Crippen LogP contribution in [0.2, 0.25) is 0 Å². The Hall–Kier alpha value is -2.62. The summed E-state index contributed by atoms with van der Waals surface area (Å²) in [7, 11) is 0. The van der Waals surface area contributed by atoms with Gasteiger partial charge in [-0.05, 0) is 54.5 Å². The standard InChI is InChI=1S/C27H38N4/c1-3-5-7-8-9-10-12-24-13-17-25(18-14-24)27(31-22-21-28-30-31)29-26-19-15-23(16-20-26)11-6-4-2/h13-22,27,29H,3-12H2,1-2H3. The molecular weight excluding hydrogens is 380 g/mol. The first-order valence-electron chi connectivity index (χ1n) is 12.1. The SMILES string of the molecule is CCCCCCCCc1ccc(C(Nc2ccc(CCCC)cc2)n2ccnn2)cc1. The van der Waals surface area contributed by atoms with E-state index in [0.29, 0.717) is 0 Å². The van der Waals surface area contributed by atoms with Crippen molar-refractivity contribution in [2.24, 2.45) is 0 Å². The van der Waals surface area contributed by atoms with Crippen molar-refractivity contribution in [1.82, 2.24) is 15.0 Å². The molecule has 1 heterocycles. The molecule has 0 aliphatic rings. The third-order valence-corrected chi connectivity index (χ3v) is 5.90. The first-order chi connectivity index (χ1) is 15.3. The second-order valence-corrected chi connectivity index (χ2v) is 8.49. The van der Waals surface area contributed by atoms with Crippen molar-refractivity contribution >= 4 is 5.69 Å². The van der Waals surface area contributed by atoms with E-state index in [2.05, 4.69) is 78.0 Å². The Morgan fingerprint density at radius 3 is 2.00 bits per heavy atom. The molecule has 31 heavy (non-hydrogen) atoms. The van der Waals surface area contributed by atoms with Gasteiger partial charge in [0.2, 0.25) is 0 Å². The molecule has 1 aromatic heterocycles. The highest BCUT2D eigenvalue weighted by atomic mass is 15.5. The minimum absolute atomic E-state index is 0.0768. The highest BCUT2D eigenvalue weighted by Gasteiger charge is 2.14. The lowest BCUT2D eigenvalue weighted by Gasteiger charge is -2.21. The summed E-state index contributed by atoms with van der Waals surface area (Å²) in [4.78, 5) is 0. The van der Waals surface area contributed by atoms with Crippen molar-refractivity contribution in [2.45, 2.75) is 84.2 Å². The number of nitrogens with zero attached hydrogens (tertiary/aromatic N) is 3. The van der Waals surface area contributed by atoms with E-state index >= 15 is 0 Å². The summed E-state index contributed by atoms with van der Waals surface area (Å²) in [6, 6.07) is 17.8. The molecule has 0 bridgehead atoms. The number of benzene rings is 2. The Kier molecular flexibility index (Phi) is 9.62. The van der Waals surface area contributed by atoms with Gasteiger partial charge < -0.3 is 5.32 Å². The molecule has 0 aliphatic carbocycles. The van der Waals surface area contributed by atoms with Gasteiger partial charge in [-0.25, -0.2) is 4.68 Å². The molecule has 1 N–H and O–H groups in total. The van der Waals surface area contributed by atoms with Gasteiger partial charge in [0, 0.05) is 11.9 Å². The lowest BCUT2D eigenvalue weighted by Crippen LogP contribution is -2.20. The fourth-order valence-electron chi connectivity index (χ4n) is 3.94. The number of anilines is 1. The summed E-state index contributed by atoms with van der Waals surface area (Å²) < 4.78 is 1.88. The normalized spacial score (nSPS) is 12.1. The van der Waals surface area contributed by atoms with Crippen molar-refractivity contribution in [3.63, 3.8) is 0 Å². The van der Waals surface area contributed by atoms with Crippen molar-refractivity contribution in [3.8, 4) is 0 Å². The van der Waals surface area contributed by atoms with Crippen LogP contribution in [-0.4, -0.2) is 15.0 Å². The number of rotatable bonds is 14. The first-order valence-corrected chi connectivity index (χ1v) is 12.1. The second kappa shape index (κ2) is 12.9. The summed E-state index contributed by atoms with van der Waals surface area (Å²) >= 11 is 0. The zero-order valence-corrected chi connectivity index (χ0v) is 19.3. The summed E-state index contributed by atoms with van der Waals surface area (Å²) in [5.74, 6) is 0. The molecule has 0 saturated carbocycles. The Bertz CT molecular complexity index is 838. The molecule has 1 atom stereocenters. The van der Waals surface area contributed by atoms with E-state index in [1.165, 1.54) is 68.1 Å². The molecule has 0 saturated heterocycles. The summed E-state index contributed by atoms with van der Waals surface area (Å²) in [6.07, 6.45) is 16.4. The molecule has 0 spiro atoms. The molecule has 1 unspecified atom stereocenters. The van der Waals surface area contributed by atoms with Gasteiger partial charge in [-0.3, -0.25) is 0 Å². The van der Waals surface area contributed by atoms with E-state index in [1.54, 1.807) is 6.20 Å². The third-order valence-electron chi connectivity index (χ3n) is 5.90. The number of hydrogen-bond acceptors (Lipinski definition) is 3. The fraction of sp³-hybridized carbons (Fsp3) is 0.481. The van der Waals surface area contributed by atoms with Crippen molar-refractivity contribution in [2.75, 3.05) is 5.32 Å². The van der Waals surface area contributed by atoms with Crippen LogP contribution in [0.25, 0.3) is 0 Å². The monoisotopic (exact) mass is 418 g/mol. The number of aryl methyl sites for hydroxylation is 2. The maximum absolute atomic E-state index is 4.26. The van der Waals surface area contributed by atoms with Crippen LogP contribution in [-0.2, 0) is 12.8 Å². The summed E-state index contributed by atoms with van der Waals surface area (Å²) in [5.41, 5.74) is 5.09. The van der Waals surface area contributed by atoms with E-state index in [4.69, 9.17) is 0 Å². The Morgan fingerprint density at radius 1 is 0.742 bits per heavy atom. The smallest absolute Gasteiger partial charge is 0.148 e.